The van der Waals surface area contributed by atoms with Gasteiger partial charge in [0.05, 0.1) is 12.5 Å². The summed E-state index contributed by atoms with van der Waals surface area (Å²) in [4.78, 5) is 11.3. The van der Waals surface area contributed by atoms with E-state index in [4.69, 9.17) is 21.1 Å². The molecular weight excluding hydrogens is 400 g/mol. The van der Waals surface area contributed by atoms with Gasteiger partial charge in [-0.15, -0.1) is 0 Å². The van der Waals surface area contributed by atoms with Gasteiger partial charge in [-0.25, -0.2) is 0 Å². The molecule has 0 amide bonds. The molecule has 30 heavy (non-hydrogen) atoms. The number of aliphatic carboxylic acids is 1. The highest BCUT2D eigenvalue weighted by atomic mass is 35.5. The average Bonchev–Trinajstić information content (AvgIpc) is 2.96. The van der Waals surface area contributed by atoms with Gasteiger partial charge in [0.15, 0.2) is 0 Å². The molecule has 1 N–H and O–H groups in total. The number of rotatable bonds is 5. The van der Waals surface area contributed by atoms with Gasteiger partial charge in [0.1, 0.15) is 18.1 Å². The van der Waals surface area contributed by atoms with Crippen molar-refractivity contribution in [2.45, 2.75) is 26.4 Å². The third kappa shape index (κ3) is 4.44. The van der Waals surface area contributed by atoms with Crippen LogP contribution in [-0.2, 0) is 17.8 Å². The van der Waals surface area contributed by atoms with E-state index in [1.54, 1.807) is 0 Å². The van der Waals surface area contributed by atoms with Crippen molar-refractivity contribution in [2.75, 3.05) is 6.61 Å². The molecule has 0 bridgehead atoms. The van der Waals surface area contributed by atoms with Crippen molar-refractivity contribution in [2.24, 2.45) is 5.92 Å². The predicted molar refractivity (Wildman–Crippen MR) is 117 cm³/mol. The Morgan fingerprint density at radius 3 is 2.83 bits per heavy atom. The summed E-state index contributed by atoms with van der Waals surface area (Å²) >= 11 is 6.27. The zero-order chi connectivity index (χ0) is 21.1. The summed E-state index contributed by atoms with van der Waals surface area (Å²) in [5.74, 6) is 0.226. The quantitative estimate of drug-likeness (QED) is 0.554. The molecule has 4 nitrogen and oxygen atoms in total. The van der Waals surface area contributed by atoms with Crippen LogP contribution in [0.1, 0.15) is 23.1 Å². The lowest BCUT2D eigenvalue weighted by Crippen LogP contribution is -2.16. The van der Waals surface area contributed by atoms with Crippen molar-refractivity contribution >= 4 is 17.6 Å². The minimum atomic E-state index is -0.776. The van der Waals surface area contributed by atoms with E-state index in [0.29, 0.717) is 37.6 Å². The Kier molecular flexibility index (Phi) is 5.96. The monoisotopic (exact) mass is 422 g/mol. The molecule has 3 aromatic carbocycles. The van der Waals surface area contributed by atoms with Gasteiger partial charge in [-0.1, -0.05) is 48.0 Å². The van der Waals surface area contributed by atoms with Gasteiger partial charge >= 0.3 is 5.97 Å². The number of carbonyl (C=O) groups is 1. The Balaban J connectivity index is 1.49. The molecule has 0 aromatic heterocycles. The van der Waals surface area contributed by atoms with Gasteiger partial charge < -0.3 is 14.6 Å². The predicted octanol–water partition coefficient (Wildman–Crippen LogP) is 5.92. The summed E-state index contributed by atoms with van der Waals surface area (Å²) in [5.41, 5.74) is 5.22. The Bertz CT molecular complexity index is 1080. The van der Waals surface area contributed by atoms with Crippen LogP contribution in [-0.4, -0.2) is 17.7 Å². The number of hydrogen-bond acceptors (Lipinski definition) is 3. The van der Waals surface area contributed by atoms with E-state index >= 15 is 0 Å². The fourth-order valence-corrected chi connectivity index (χ4v) is 3.91. The average molecular weight is 423 g/mol. The Labute approximate surface area is 181 Å². The highest BCUT2D eigenvalue weighted by Gasteiger charge is 2.23. The standard InChI is InChI=1S/C25H23ClO4/c1-16-22(6-3-7-23(16)26)18-5-2-4-17(12-18)15-30-21-9-8-19-13-20(25(27)28)10-11-29-24(19)14-21/h2-9,12,14,20H,10-11,13,15H2,1H3,(H,27,28)/t20-/m0/s1. The lowest BCUT2D eigenvalue weighted by Gasteiger charge is -2.13. The van der Waals surface area contributed by atoms with E-state index in [1.165, 1.54) is 0 Å². The molecular formula is C25H23ClO4. The molecule has 1 heterocycles. The fourth-order valence-electron chi connectivity index (χ4n) is 3.73. The fraction of sp³-hybridized carbons (Fsp3) is 0.240. The first kappa shape index (κ1) is 20.3. The van der Waals surface area contributed by atoms with Crippen LogP contribution in [0.2, 0.25) is 5.02 Å². The Morgan fingerprint density at radius 2 is 2.00 bits per heavy atom. The van der Waals surface area contributed by atoms with Gasteiger partial charge in [-0.05, 0) is 65.8 Å². The summed E-state index contributed by atoms with van der Waals surface area (Å²) in [5, 5.41) is 10.1. The van der Waals surface area contributed by atoms with Crippen LogP contribution in [0.15, 0.2) is 60.7 Å². The number of fused-ring (bicyclic) bond motifs is 1. The maximum Gasteiger partial charge on any atom is 0.306 e. The van der Waals surface area contributed by atoms with Gasteiger partial charge in [0.25, 0.3) is 0 Å². The number of ether oxygens (including phenoxy) is 2. The van der Waals surface area contributed by atoms with Crippen LogP contribution in [0.4, 0.5) is 0 Å². The van der Waals surface area contributed by atoms with Gasteiger partial charge in [-0.2, -0.15) is 0 Å². The molecule has 0 spiro atoms. The van der Waals surface area contributed by atoms with Gasteiger partial charge in [-0.3, -0.25) is 4.79 Å². The highest BCUT2D eigenvalue weighted by molar-refractivity contribution is 6.31. The Hall–Kier alpha value is -2.98. The molecule has 0 radical (unpaired) electrons. The lowest BCUT2D eigenvalue weighted by atomic mass is 9.97. The van der Waals surface area contributed by atoms with E-state index in [0.717, 1.165) is 32.8 Å². The summed E-state index contributed by atoms with van der Waals surface area (Å²) in [6, 6.07) is 19.8. The first-order valence-corrected chi connectivity index (χ1v) is 10.3. The van der Waals surface area contributed by atoms with Gasteiger partial charge in [0.2, 0.25) is 0 Å². The number of halogens is 1. The second kappa shape index (κ2) is 8.80. The van der Waals surface area contributed by atoms with Crippen molar-refractivity contribution in [3.8, 4) is 22.6 Å². The van der Waals surface area contributed by atoms with E-state index in [2.05, 4.69) is 18.2 Å². The van der Waals surface area contributed by atoms with Crippen molar-refractivity contribution in [1.82, 2.24) is 0 Å². The molecule has 0 fully saturated rings. The molecule has 0 saturated carbocycles. The van der Waals surface area contributed by atoms with Crippen molar-refractivity contribution in [1.29, 1.82) is 0 Å². The molecule has 1 aliphatic rings. The third-order valence-electron chi connectivity index (χ3n) is 5.49. The summed E-state index contributed by atoms with van der Waals surface area (Å²) in [6.45, 7) is 2.84. The Morgan fingerprint density at radius 1 is 1.17 bits per heavy atom. The van der Waals surface area contributed by atoms with Crippen LogP contribution in [0.25, 0.3) is 11.1 Å². The summed E-state index contributed by atoms with van der Waals surface area (Å²) < 4.78 is 11.8. The SMILES string of the molecule is Cc1c(Cl)cccc1-c1cccc(COc2ccc3c(c2)OCC[C@H](C(=O)O)C3)c1. The zero-order valence-electron chi connectivity index (χ0n) is 16.7. The minimum absolute atomic E-state index is 0.397. The van der Waals surface area contributed by atoms with Crippen molar-refractivity contribution in [3.05, 3.63) is 82.4 Å². The topological polar surface area (TPSA) is 55.8 Å². The normalized spacial score (nSPS) is 15.6. The second-order valence-corrected chi connectivity index (χ2v) is 7.95. The highest BCUT2D eigenvalue weighted by Crippen LogP contribution is 2.32. The summed E-state index contributed by atoms with van der Waals surface area (Å²) in [6.07, 6.45) is 0.988. The number of carboxylic acid groups (broad SMARTS) is 1. The molecule has 154 valence electrons. The third-order valence-corrected chi connectivity index (χ3v) is 5.90. The molecule has 0 aliphatic carbocycles. The van der Waals surface area contributed by atoms with Gasteiger partial charge in [0, 0.05) is 11.1 Å². The van der Waals surface area contributed by atoms with Crippen molar-refractivity contribution < 1.29 is 19.4 Å². The molecule has 3 aromatic rings. The molecule has 1 atom stereocenters. The maximum absolute atomic E-state index is 11.3. The number of benzene rings is 3. The van der Waals surface area contributed by atoms with Crippen molar-refractivity contribution in [3.63, 3.8) is 0 Å². The van der Waals surface area contributed by atoms with Crippen LogP contribution in [0.5, 0.6) is 11.5 Å². The van der Waals surface area contributed by atoms with E-state index in [1.807, 2.05) is 49.4 Å². The molecule has 0 saturated heterocycles. The first-order valence-electron chi connectivity index (χ1n) is 9.97. The lowest BCUT2D eigenvalue weighted by molar-refractivity contribution is -0.142. The maximum atomic E-state index is 11.3. The van der Waals surface area contributed by atoms with Crippen LogP contribution >= 0.6 is 11.6 Å². The smallest absolute Gasteiger partial charge is 0.306 e. The van der Waals surface area contributed by atoms with Crippen LogP contribution in [0.3, 0.4) is 0 Å². The first-order chi connectivity index (χ1) is 14.5. The van der Waals surface area contributed by atoms with E-state index < -0.39 is 11.9 Å². The van der Waals surface area contributed by atoms with Crippen LogP contribution in [0, 0.1) is 12.8 Å². The van der Waals surface area contributed by atoms with E-state index in [-0.39, 0.29) is 0 Å². The number of hydrogen-bond donors (Lipinski definition) is 1. The second-order valence-electron chi connectivity index (χ2n) is 7.55. The number of carboxylic acids is 1. The molecule has 0 unspecified atom stereocenters. The summed E-state index contributed by atoms with van der Waals surface area (Å²) in [7, 11) is 0. The largest absolute Gasteiger partial charge is 0.493 e. The minimum Gasteiger partial charge on any atom is -0.493 e. The van der Waals surface area contributed by atoms with Crippen LogP contribution < -0.4 is 9.47 Å². The molecule has 5 heteroatoms. The zero-order valence-corrected chi connectivity index (χ0v) is 17.5. The molecule has 1 aliphatic heterocycles. The molecule has 4 rings (SSSR count). The van der Waals surface area contributed by atoms with E-state index in [9.17, 15) is 9.90 Å².